The lowest BCUT2D eigenvalue weighted by Crippen LogP contribution is -2.25. The summed E-state index contributed by atoms with van der Waals surface area (Å²) in [5.41, 5.74) is 15.1. The minimum absolute atomic E-state index is 0.116. The van der Waals surface area contributed by atoms with Crippen LogP contribution in [0, 0.1) is 11.8 Å². The number of amides is 2. The fourth-order valence-corrected chi connectivity index (χ4v) is 2.92. The quantitative estimate of drug-likeness (QED) is 0.228. The molecule has 0 atom stereocenters. The van der Waals surface area contributed by atoms with Gasteiger partial charge in [-0.2, -0.15) is 0 Å². The second-order valence-corrected chi connectivity index (χ2v) is 7.49. The Kier molecular flexibility index (Phi) is 14.1. The number of nitrogens with one attached hydrogen (secondary N) is 2. The van der Waals surface area contributed by atoms with Crippen LogP contribution in [0.3, 0.4) is 0 Å². The Morgan fingerprint density at radius 1 is 0.667 bits per heavy atom. The topological polar surface area (TPSA) is 147 Å². The monoisotopic (exact) mass is 498 g/mol. The third-order valence-electron chi connectivity index (χ3n) is 4.72. The van der Waals surface area contributed by atoms with Gasteiger partial charge in [-0.05, 0) is 22.3 Å². The highest BCUT2D eigenvalue weighted by atomic mass is 16.6. The number of benzene rings is 2. The molecule has 0 radical (unpaired) electrons. The van der Waals surface area contributed by atoms with Crippen LogP contribution in [0.4, 0.5) is 9.59 Å². The first-order chi connectivity index (χ1) is 17.6. The summed E-state index contributed by atoms with van der Waals surface area (Å²) in [6, 6.07) is 15.3. The minimum atomic E-state index is -0.520. The largest absolute Gasteiger partial charge is 0.447 e. The Bertz CT molecular complexity index is 928. The van der Waals surface area contributed by atoms with Gasteiger partial charge in [0.2, 0.25) is 0 Å². The van der Waals surface area contributed by atoms with Gasteiger partial charge in [0.1, 0.15) is 26.4 Å². The molecule has 0 saturated heterocycles. The lowest BCUT2D eigenvalue weighted by Gasteiger charge is -2.08. The summed E-state index contributed by atoms with van der Waals surface area (Å²) in [7, 11) is 0. The molecule has 0 aliphatic heterocycles. The van der Waals surface area contributed by atoms with Crippen LogP contribution in [0.25, 0.3) is 0 Å². The lowest BCUT2D eigenvalue weighted by molar-refractivity contribution is 0.0846. The predicted molar refractivity (Wildman–Crippen MR) is 134 cm³/mol. The van der Waals surface area contributed by atoms with Crippen molar-refractivity contribution in [3.8, 4) is 11.8 Å². The van der Waals surface area contributed by atoms with Crippen molar-refractivity contribution in [3.63, 3.8) is 0 Å². The number of carbonyl (C=O) groups excluding carboxylic acids is 2. The van der Waals surface area contributed by atoms with E-state index < -0.39 is 12.2 Å². The van der Waals surface area contributed by atoms with Crippen LogP contribution in [0.5, 0.6) is 0 Å². The average Bonchev–Trinajstić information content (AvgIpc) is 2.91. The fraction of sp³-hybridized carbons (Fsp3) is 0.385. The van der Waals surface area contributed by atoms with E-state index in [9.17, 15) is 9.59 Å². The van der Waals surface area contributed by atoms with Crippen molar-refractivity contribution in [2.24, 2.45) is 11.5 Å². The molecule has 0 heterocycles. The van der Waals surface area contributed by atoms with Crippen molar-refractivity contribution in [2.45, 2.75) is 26.2 Å². The third-order valence-corrected chi connectivity index (χ3v) is 4.72. The summed E-state index contributed by atoms with van der Waals surface area (Å²) in [4.78, 5) is 23.4. The maximum atomic E-state index is 11.7. The standard InChI is InChI=1S/C26H34N4O6/c27-17-21-5-3-7-23(15-21)19-29-25(31)35-13-11-33-9-1-2-10-34-12-14-36-26(32)30-20-24-8-4-6-22(16-24)18-28/h3-8,15-16H,9-14,17-20,27-28H2,(H,29,31)(H,30,32). The fourth-order valence-electron chi connectivity index (χ4n) is 2.92. The molecule has 0 spiro atoms. The zero-order valence-corrected chi connectivity index (χ0v) is 20.3. The molecule has 2 aromatic carbocycles. The summed E-state index contributed by atoms with van der Waals surface area (Å²) in [6.07, 6.45) is -1.04. The Morgan fingerprint density at radius 3 is 1.50 bits per heavy atom. The first kappa shape index (κ1) is 28.6. The summed E-state index contributed by atoms with van der Waals surface area (Å²) < 4.78 is 20.6. The molecule has 2 rings (SSSR count). The van der Waals surface area contributed by atoms with Gasteiger partial charge in [0.05, 0.1) is 13.2 Å². The highest BCUT2D eigenvalue weighted by Gasteiger charge is 2.03. The van der Waals surface area contributed by atoms with Gasteiger partial charge in [-0.15, -0.1) is 0 Å². The van der Waals surface area contributed by atoms with Gasteiger partial charge in [-0.1, -0.05) is 60.4 Å². The molecular weight excluding hydrogens is 464 g/mol. The molecule has 0 unspecified atom stereocenters. The van der Waals surface area contributed by atoms with Gasteiger partial charge in [0.15, 0.2) is 0 Å². The zero-order chi connectivity index (χ0) is 25.8. The number of rotatable bonds is 14. The summed E-state index contributed by atoms with van der Waals surface area (Å²) in [5.74, 6) is 5.57. The van der Waals surface area contributed by atoms with Gasteiger partial charge < -0.3 is 41.0 Å². The number of ether oxygens (including phenoxy) is 4. The molecule has 2 amide bonds. The molecule has 2 aromatic rings. The van der Waals surface area contributed by atoms with Crippen LogP contribution in [0.15, 0.2) is 48.5 Å². The molecule has 0 bridgehead atoms. The van der Waals surface area contributed by atoms with E-state index in [-0.39, 0.29) is 39.6 Å². The molecular formula is C26H34N4O6. The molecule has 10 nitrogen and oxygen atoms in total. The number of hydrogen-bond donors (Lipinski definition) is 4. The van der Waals surface area contributed by atoms with E-state index in [1.165, 1.54) is 0 Å². The normalized spacial score (nSPS) is 10.2. The zero-order valence-electron chi connectivity index (χ0n) is 20.3. The van der Waals surface area contributed by atoms with E-state index in [0.717, 1.165) is 22.3 Å². The molecule has 0 aromatic heterocycles. The molecule has 0 aliphatic rings. The first-order valence-corrected chi connectivity index (χ1v) is 11.6. The highest BCUT2D eigenvalue weighted by Crippen LogP contribution is 2.05. The summed E-state index contributed by atoms with van der Waals surface area (Å²) in [5, 5.41) is 5.34. The lowest BCUT2D eigenvalue weighted by atomic mass is 10.1. The predicted octanol–water partition coefficient (Wildman–Crippen LogP) is 1.79. The molecule has 10 heteroatoms. The summed E-state index contributed by atoms with van der Waals surface area (Å²) >= 11 is 0. The molecule has 194 valence electrons. The smallest absolute Gasteiger partial charge is 0.407 e. The van der Waals surface area contributed by atoms with Crippen molar-refractivity contribution in [1.82, 2.24) is 10.6 Å². The van der Waals surface area contributed by atoms with Crippen LogP contribution in [0.2, 0.25) is 0 Å². The molecule has 0 fully saturated rings. The van der Waals surface area contributed by atoms with Crippen molar-refractivity contribution < 1.29 is 28.5 Å². The van der Waals surface area contributed by atoms with E-state index in [0.29, 0.717) is 26.2 Å². The first-order valence-electron chi connectivity index (χ1n) is 11.6. The summed E-state index contributed by atoms with van der Waals surface area (Å²) in [6.45, 7) is 2.67. The number of hydrogen-bond acceptors (Lipinski definition) is 8. The van der Waals surface area contributed by atoms with Gasteiger partial charge in [0.25, 0.3) is 0 Å². The third kappa shape index (κ3) is 12.7. The van der Waals surface area contributed by atoms with Gasteiger partial charge in [0, 0.05) is 26.2 Å². The van der Waals surface area contributed by atoms with Crippen LogP contribution in [-0.4, -0.2) is 51.8 Å². The second-order valence-electron chi connectivity index (χ2n) is 7.49. The second kappa shape index (κ2) is 17.8. The van der Waals surface area contributed by atoms with E-state index in [4.69, 9.17) is 30.4 Å². The van der Waals surface area contributed by atoms with Gasteiger partial charge >= 0.3 is 12.2 Å². The number of nitrogens with two attached hydrogens (primary N) is 2. The van der Waals surface area contributed by atoms with Crippen molar-refractivity contribution in [3.05, 3.63) is 70.8 Å². The molecule has 0 saturated carbocycles. The molecule has 36 heavy (non-hydrogen) atoms. The maximum Gasteiger partial charge on any atom is 0.407 e. The van der Waals surface area contributed by atoms with Crippen molar-refractivity contribution in [1.29, 1.82) is 0 Å². The average molecular weight is 499 g/mol. The van der Waals surface area contributed by atoms with Crippen molar-refractivity contribution >= 4 is 12.2 Å². The number of carbonyl (C=O) groups is 2. The highest BCUT2D eigenvalue weighted by molar-refractivity contribution is 5.67. The SMILES string of the molecule is NCc1cccc(CNC(=O)OCCOCC#CCOCCOC(=O)NCc2cccc(CN)c2)c1. The Morgan fingerprint density at radius 2 is 1.08 bits per heavy atom. The van der Waals surface area contributed by atoms with E-state index in [1.807, 2.05) is 48.5 Å². The van der Waals surface area contributed by atoms with Crippen LogP contribution >= 0.6 is 0 Å². The van der Waals surface area contributed by atoms with Crippen LogP contribution in [-0.2, 0) is 45.1 Å². The Labute approximate surface area is 211 Å². The van der Waals surface area contributed by atoms with E-state index >= 15 is 0 Å². The van der Waals surface area contributed by atoms with Gasteiger partial charge in [-0.25, -0.2) is 9.59 Å². The minimum Gasteiger partial charge on any atom is -0.447 e. The van der Waals surface area contributed by atoms with E-state index in [2.05, 4.69) is 22.5 Å². The van der Waals surface area contributed by atoms with Crippen LogP contribution in [0.1, 0.15) is 22.3 Å². The van der Waals surface area contributed by atoms with E-state index in [1.54, 1.807) is 0 Å². The van der Waals surface area contributed by atoms with Crippen LogP contribution < -0.4 is 22.1 Å². The Hall–Kier alpha value is -3.62. The molecule has 0 aliphatic carbocycles. The number of alkyl carbamates (subject to hydrolysis) is 2. The van der Waals surface area contributed by atoms with Gasteiger partial charge in [-0.3, -0.25) is 0 Å². The Balaban J connectivity index is 1.40. The maximum absolute atomic E-state index is 11.7. The molecule has 6 N–H and O–H groups in total. The van der Waals surface area contributed by atoms with Crippen molar-refractivity contribution in [2.75, 3.05) is 39.6 Å².